The van der Waals surface area contributed by atoms with Crippen molar-refractivity contribution < 1.29 is 24.3 Å². The molecule has 3 atom stereocenters. The number of tetrazole rings is 1. The maximum atomic E-state index is 12.6. The van der Waals surface area contributed by atoms with Crippen molar-refractivity contribution in [2.75, 3.05) is 29.7 Å². The topological polar surface area (TPSA) is 186 Å². The van der Waals surface area contributed by atoms with Gasteiger partial charge in [0, 0.05) is 18.1 Å². The molecule has 0 saturated carbocycles. The summed E-state index contributed by atoms with van der Waals surface area (Å²) < 4.78 is 1.16. The first-order valence-corrected chi connectivity index (χ1v) is 11.8. The fraction of sp³-hybridized carbons (Fsp3) is 0.500. The van der Waals surface area contributed by atoms with Crippen molar-refractivity contribution in [3.8, 4) is 0 Å². The number of alkyl halides is 1. The SMILES string of the molecule is Nc1cc(SCC2(C(=O)O)CS[C@@H]3C(NC(=O)CC(=O)CCl)C(=O)N3C2)nn2nnnc12. The van der Waals surface area contributed by atoms with E-state index >= 15 is 0 Å². The highest BCUT2D eigenvalue weighted by molar-refractivity contribution is 8.00. The largest absolute Gasteiger partial charge is 0.481 e. The number of carboxylic acids is 1. The van der Waals surface area contributed by atoms with Crippen LogP contribution in [0.25, 0.3) is 5.65 Å². The zero-order valence-corrected chi connectivity index (χ0v) is 18.7. The summed E-state index contributed by atoms with van der Waals surface area (Å²) in [5, 5.41) is 27.7. The van der Waals surface area contributed by atoms with Crippen molar-refractivity contribution in [2.45, 2.75) is 22.9 Å². The highest BCUT2D eigenvalue weighted by Gasteiger charge is 2.57. The molecule has 4 rings (SSSR count). The molecule has 2 aromatic heterocycles. The first-order valence-electron chi connectivity index (χ1n) is 9.24. The molecule has 2 saturated heterocycles. The number of nitrogen functional groups attached to an aromatic ring is 1. The summed E-state index contributed by atoms with van der Waals surface area (Å²) in [6, 6.07) is 0.770. The molecule has 16 heteroatoms. The average Bonchev–Trinajstić information content (AvgIpc) is 3.25. The summed E-state index contributed by atoms with van der Waals surface area (Å²) in [6.07, 6.45) is -0.401. The quantitative estimate of drug-likeness (QED) is 0.171. The number of hydrogen-bond acceptors (Lipinski definition) is 11. The first kappa shape index (κ1) is 22.5. The molecular weight excluding hydrogens is 484 g/mol. The van der Waals surface area contributed by atoms with Gasteiger partial charge in [0.2, 0.25) is 17.5 Å². The van der Waals surface area contributed by atoms with Gasteiger partial charge in [-0.25, -0.2) is 0 Å². The number of fused-ring (bicyclic) bond motifs is 2. The number of thioether (sulfide) groups is 2. The van der Waals surface area contributed by atoms with Gasteiger partial charge in [0.05, 0.1) is 18.0 Å². The van der Waals surface area contributed by atoms with Gasteiger partial charge in [-0.2, -0.15) is 0 Å². The van der Waals surface area contributed by atoms with Gasteiger partial charge >= 0.3 is 5.97 Å². The van der Waals surface area contributed by atoms with Crippen LogP contribution in [0.2, 0.25) is 0 Å². The molecule has 0 spiro atoms. The zero-order valence-electron chi connectivity index (χ0n) is 16.3. The molecular formula is C16H17ClN8O5S2. The van der Waals surface area contributed by atoms with Crippen molar-refractivity contribution in [1.82, 2.24) is 35.5 Å². The Kier molecular flexibility index (Phi) is 6.13. The second-order valence-corrected chi connectivity index (χ2v) is 9.73. The fourth-order valence-electron chi connectivity index (χ4n) is 3.38. The number of β-lactam (4-membered cyclic amide) rings is 1. The summed E-state index contributed by atoms with van der Waals surface area (Å²) >= 11 is 7.85. The van der Waals surface area contributed by atoms with Crippen molar-refractivity contribution in [3.05, 3.63) is 6.07 Å². The van der Waals surface area contributed by atoms with E-state index < -0.39 is 35.5 Å². The Labute approximate surface area is 193 Å². The molecule has 2 unspecified atom stereocenters. The van der Waals surface area contributed by atoms with Crippen molar-refractivity contribution in [1.29, 1.82) is 0 Å². The van der Waals surface area contributed by atoms with Gasteiger partial charge in [-0.1, -0.05) is 0 Å². The van der Waals surface area contributed by atoms with E-state index in [1.807, 2.05) is 0 Å². The summed E-state index contributed by atoms with van der Waals surface area (Å²) in [7, 11) is 0. The van der Waals surface area contributed by atoms with Gasteiger partial charge in [0.15, 0.2) is 5.78 Å². The second-order valence-electron chi connectivity index (χ2n) is 7.37. The lowest BCUT2D eigenvalue weighted by molar-refractivity contribution is -0.157. The van der Waals surface area contributed by atoms with Crippen molar-refractivity contribution in [2.24, 2.45) is 5.41 Å². The first-order chi connectivity index (χ1) is 15.2. The smallest absolute Gasteiger partial charge is 0.313 e. The number of Topliss-reactive ketones (excluding diaryl/α,β-unsaturated/α-hetero) is 1. The number of halogens is 1. The van der Waals surface area contributed by atoms with E-state index in [0.717, 1.165) is 4.63 Å². The number of aromatic nitrogens is 5. The molecule has 32 heavy (non-hydrogen) atoms. The van der Waals surface area contributed by atoms with Gasteiger partial charge in [-0.15, -0.1) is 50.0 Å². The predicted octanol–water partition coefficient (Wildman–Crippen LogP) is -1.14. The number of carbonyl (C=O) groups is 4. The summed E-state index contributed by atoms with van der Waals surface area (Å²) in [5.41, 5.74) is 5.29. The van der Waals surface area contributed by atoms with E-state index in [1.165, 1.54) is 28.4 Å². The molecule has 0 bridgehead atoms. The number of ketones is 1. The van der Waals surface area contributed by atoms with Crippen LogP contribution in [0.15, 0.2) is 11.1 Å². The molecule has 4 N–H and O–H groups in total. The van der Waals surface area contributed by atoms with Crippen LogP contribution in [0.1, 0.15) is 6.42 Å². The highest BCUT2D eigenvalue weighted by atomic mass is 35.5. The van der Waals surface area contributed by atoms with E-state index in [0.29, 0.717) is 16.4 Å². The Balaban J connectivity index is 1.42. The lowest BCUT2D eigenvalue weighted by atomic mass is 9.89. The maximum absolute atomic E-state index is 12.6. The molecule has 0 aromatic carbocycles. The molecule has 0 radical (unpaired) electrons. The van der Waals surface area contributed by atoms with Gasteiger partial charge in [-0.3, -0.25) is 19.2 Å². The van der Waals surface area contributed by atoms with Crippen LogP contribution in [0.3, 0.4) is 0 Å². The molecule has 170 valence electrons. The van der Waals surface area contributed by atoms with Crippen molar-refractivity contribution in [3.63, 3.8) is 0 Å². The van der Waals surface area contributed by atoms with Gasteiger partial charge in [0.25, 0.3) is 0 Å². The lowest BCUT2D eigenvalue weighted by Crippen LogP contribution is -2.74. The van der Waals surface area contributed by atoms with Gasteiger partial charge in [-0.05, 0) is 16.5 Å². The highest BCUT2D eigenvalue weighted by Crippen LogP contribution is 2.44. The van der Waals surface area contributed by atoms with E-state index in [1.54, 1.807) is 6.07 Å². The normalized spacial score (nSPS) is 24.7. The van der Waals surface area contributed by atoms with Crippen LogP contribution in [-0.4, -0.2) is 94.2 Å². The van der Waals surface area contributed by atoms with Crippen molar-refractivity contribution >= 4 is 70.0 Å². The Morgan fingerprint density at radius 2 is 2.22 bits per heavy atom. The summed E-state index contributed by atoms with van der Waals surface area (Å²) in [5.74, 6) is -2.38. The van der Waals surface area contributed by atoms with Crippen LogP contribution in [0.4, 0.5) is 5.69 Å². The number of amides is 2. The zero-order chi connectivity index (χ0) is 23.0. The Hall–Kier alpha value is -2.65. The Morgan fingerprint density at radius 3 is 2.94 bits per heavy atom. The van der Waals surface area contributed by atoms with E-state index in [9.17, 15) is 24.3 Å². The minimum Gasteiger partial charge on any atom is -0.481 e. The van der Waals surface area contributed by atoms with Crippen LogP contribution < -0.4 is 11.1 Å². The monoisotopic (exact) mass is 500 g/mol. The fourth-order valence-corrected chi connectivity index (χ4v) is 6.23. The van der Waals surface area contributed by atoms with Gasteiger partial charge < -0.3 is 21.1 Å². The van der Waals surface area contributed by atoms with Crippen LogP contribution >= 0.6 is 35.1 Å². The standard InChI is InChI=1S/C16H17ClN8O5S2/c17-3-7(26)1-9(27)19-11-13(28)24-4-16(15(29)30,6-32-14(11)24)5-31-10-2-8(18)12-20-22-23-25(12)21-10/h2,11,14H,1,3-6,18H2,(H,19,27)(H,29,30)/t11?,14-,16?/m1/s1. The van der Waals surface area contributed by atoms with Crippen LogP contribution in [0.5, 0.6) is 0 Å². The average molecular weight is 501 g/mol. The third-order valence-electron chi connectivity index (χ3n) is 5.10. The third-order valence-corrected chi connectivity index (χ3v) is 8.18. The molecule has 2 amide bonds. The number of carboxylic acid groups (broad SMARTS) is 1. The lowest BCUT2D eigenvalue weighted by Gasteiger charge is -2.53. The molecule has 2 aliphatic rings. The summed E-state index contributed by atoms with van der Waals surface area (Å²) in [6.45, 7) is -0.0125. The Morgan fingerprint density at radius 1 is 1.44 bits per heavy atom. The van der Waals surface area contributed by atoms with Crippen LogP contribution in [0, 0.1) is 5.41 Å². The molecule has 2 fully saturated rings. The maximum Gasteiger partial charge on any atom is 0.313 e. The number of nitrogens with two attached hydrogens (primary N) is 1. The number of nitrogens with one attached hydrogen (secondary N) is 1. The number of carbonyl (C=O) groups excluding carboxylic acids is 3. The predicted molar refractivity (Wildman–Crippen MR) is 114 cm³/mol. The van der Waals surface area contributed by atoms with E-state index in [-0.39, 0.29) is 35.2 Å². The van der Waals surface area contributed by atoms with Gasteiger partial charge in [0.1, 0.15) is 21.9 Å². The number of nitrogens with zero attached hydrogens (tertiary/aromatic N) is 6. The number of anilines is 1. The number of rotatable bonds is 8. The number of hydrogen-bond donors (Lipinski definition) is 3. The molecule has 0 aliphatic carbocycles. The molecule has 4 heterocycles. The van der Waals surface area contributed by atoms with E-state index in [2.05, 4.69) is 25.9 Å². The minimum atomic E-state index is -1.23. The minimum absolute atomic E-state index is 0.0125. The second kappa shape index (κ2) is 8.71. The third kappa shape index (κ3) is 4.06. The molecule has 2 aromatic rings. The Bertz CT molecular complexity index is 1120. The van der Waals surface area contributed by atoms with Crippen LogP contribution in [-0.2, 0) is 19.2 Å². The molecule has 2 aliphatic heterocycles. The van der Waals surface area contributed by atoms with E-state index in [4.69, 9.17) is 17.3 Å². The number of aliphatic carboxylic acids is 1. The summed E-state index contributed by atoms with van der Waals surface area (Å²) in [4.78, 5) is 49.4. The molecule has 13 nitrogen and oxygen atoms in total.